The van der Waals surface area contributed by atoms with E-state index in [2.05, 4.69) is 43.1 Å². The van der Waals surface area contributed by atoms with E-state index in [-0.39, 0.29) is 16.6 Å². The zero-order chi connectivity index (χ0) is 19.1. The van der Waals surface area contributed by atoms with Crippen molar-refractivity contribution in [3.63, 3.8) is 0 Å². The van der Waals surface area contributed by atoms with Gasteiger partial charge in [-0.15, -0.1) is 0 Å². The molecule has 1 spiro atoms. The van der Waals surface area contributed by atoms with Gasteiger partial charge >= 0.3 is 0 Å². The highest BCUT2D eigenvalue weighted by atomic mass is 16.1. The highest BCUT2D eigenvalue weighted by molar-refractivity contribution is 6.01. The standard InChI is InChI=1S/C26H29NO/c1-24-10-8-22-19(21(24)6-5-20(24)17-4-3-13-27-16-17)15-26(11-12-26)23-14-18(28)7-9-25(22,23)2/h3-5,7,9,13-14,16,19,21-22H,6,8,10-12,15H2,1-2H3/t19-,21-,22-,24+,25+/m0/s1. The van der Waals surface area contributed by atoms with Crippen molar-refractivity contribution in [3.05, 3.63) is 60.0 Å². The van der Waals surface area contributed by atoms with Crippen molar-refractivity contribution in [2.24, 2.45) is 34.0 Å². The molecule has 0 N–H and O–H groups in total. The fourth-order valence-corrected chi connectivity index (χ4v) is 7.78. The molecule has 1 aromatic rings. The molecule has 3 saturated carbocycles. The third-order valence-corrected chi connectivity index (χ3v) is 9.27. The fourth-order valence-electron chi connectivity index (χ4n) is 7.78. The molecular formula is C26H29NO. The highest BCUT2D eigenvalue weighted by Crippen LogP contribution is 2.74. The predicted octanol–water partition coefficient (Wildman–Crippen LogP) is 5.77. The second-order valence-corrected chi connectivity index (χ2v) is 10.5. The van der Waals surface area contributed by atoms with E-state index in [0.29, 0.717) is 11.3 Å². The molecule has 0 unspecified atom stereocenters. The lowest BCUT2D eigenvalue weighted by Crippen LogP contribution is -2.51. The Morgan fingerprint density at radius 2 is 2.00 bits per heavy atom. The average Bonchev–Trinajstić information content (AvgIpc) is 3.37. The summed E-state index contributed by atoms with van der Waals surface area (Å²) in [6.07, 6.45) is 20.2. The van der Waals surface area contributed by atoms with E-state index in [0.717, 1.165) is 11.8 Å². The number of hydrogen-bond acceptors (Lipinski definition) is 2. The molecular weight excluding hydrogens is 342 g/mol. The zero-order valence-corrected chi connectivity index (χ0v) is 16.9. The molecule has 0 aromatic carbocycles. The lowest BCUT2D eigenvalue weighted by atomic mass is 9.45. The second-order valence-electron chi connectivity index (χ2n) is 10.5. The first-order valence-electron chi connectivity index (χ1n) is 11.0. The second kappa shape index (κ2) is 5.34. The Balaban J connectivity index is 1.40. The quantitative estimate of drug-likeness (QED) is 0.627. The van der Waals surface area contributed by atoms with E-state index in [9.17, 15) is 4.79 Å². The number of nitrogens with zero attached hydrogens (tertiary/aromatic N) is 1. The van der Waals surface area contributed by atoms with Gasteiger partial charge in [0.2, 0.25) is 0 Å². The molecule has 28 heavy (non-hydrogen) atoms. The van der Waals surface area contributed by atoms with Crippen LogP contribution < -0.4 is 0 Å². The molecule has 0 radical (unpaired) electrons. The van der Waals surface area contributed by atoms with Crippen molar-refractivity contribution in [3.8, 4) is 0 Å². The van der Waals surface area contributed by atoms with Crippen LogP contribution in [0, 0.1) is 34.0 Å². The Bertz CT molecular complexity index is 950. The van der Waals surface area contributed by atoms with Crippen molar-refractivity contribution >= 4 is 11.4 Å². The number of hydrogen-bond donors (Lipinski definition) is 0. The first kappa shape index (κ1) is 16.9. The Morgan fingerprint density at radius 3 is 2.75 bits per heavy atom. The van der Waals surface area contributed by atoms with Crippen LogP contribution in [-0.4, -0.2) is 10.8 Å². The van der Waals surface area contributed by atoms with E-state index in [1.807, 2.05) is 24.5 Å². The first-order chi connectivity index (χ1) is 13.5. The van der Waals surface area contributed by atoms with Gasteiger partial charge in [-0.25, -0.2) is 0 Å². The summed E-state index contributed by atoms with van der Waals surface area (Å²) in [5, 5.41) is 0. The van der Waals surface area contributed by atoms with Crippen LogP contribution >= 0.6 is 0 Å². The monoisotopic (exact) mass is 371 g/mol. The van der Waals surface area contributed by atoms with Crippen molar-refractivity contribution in [1.29, 1.82) is 0 Å². The fraction of sp³-hybridized carbons (Fsp3) is 0.538. The topological polar surface area (TPSA) is 30.0 Å². The number of aromatic nitrogens is 1. The Labute approximate surface area is 167 Å². The van der Waals surface area contributed by atoms with E-state index in [1.54, 1.807) is 0 Å². The maximum atomic E-state index is 12.2. The number of fused-ring (bicyclic) bond motifs is 6. The van der Waals surface area contributed by atoms with Crippen molar-refractivity contribution < 1.29 is 4.79 Å². The molecule has 0 bridgehead atoms. The Kier molecular flexibility index (Phi) is 3.23. The SMILES string of the molecule is C[C@]12C=CC(=O)C=C1C1(CC1)C[C@@H]1[C@@H]2CC[C@]2(C)C(c3cccnc3)=CC[C@@H]12. The molecule has 0 aliphatic heterocycles. The molecule has 1 aromatic heterocycles. The number of carbonyl (C=O) groups is 1. The van der Waals surface area contributed by atoms with Crippen LogP contribution in [0.1, 0.15) is 57.9 Å². The van der Waals surface area contributed by atoms with Crippen LogP contribution in [0.4, 0.5) is 0 Å². The number of ketones is 1. The molecule has 3 fully saturated rings. The van der Waals surface area contributed by atoms with E-state index in [1.165, 1.54) is 55.2 Å². The molecule has 0 amide bonds. The molecule has 5 atom stereocenters. The number of carbonyl (C=O) groups excluding carboxylic acids is 1. The normalized spacial score (nSPS) is 42.4. The van der Waals surface area contributed by atoms with E-state index in [4.69, 9.17) is 0 Å². The largest absolute Gasteiger partial charge is 0.290 e. The van der Waals surface area contributed by atoms with Gasteiger partial charge in [0.15, 0.2) is 5.78 Å². The number of allylic oxidation sites excluding steroid dienone is 6. The maximum absolute atomic E-state index is 12.2. The van der Waals surface area contributed by atoms with Gasteiger partial charge < -0.3 is 0 Å². The molecule has 144 valence electrons. The minimum absolute atomic E-state index is 0.0890. The lowest BCUT2D eigenvalue weighted by Gasteiger charge is -2.59. The molecule has 6 rings (SSSR count). The van der Waals surface area contributed by atoms with Crippen molar-refractivity contribution in [2.45, 2.75) is 52.4 Å². The third-order valence-electron chi connectivity index (χ3n) is 9.27. The molecule has 1 heterocycles. The molecule has 2 nitrogen and oxygen atoms in total. The molecule has 2 heteroatoms. The van der Waals surface area contributed by atoms with Gasteiger partial charge in [0.25, 0.3) is 0 Å². The summed E-state index contributed by atoms with van der Waals surface area (Å²) in [5.74, 6) is 2.36. The smallest absolute Gasteiger partial charge is 0.178 e. The molecule has 0 saturated heterocycles. The number of rotatable bonds is 1. The summed E-state index contributed by atoms with van der Waals surface area (Å²) in [7, 11) is 0. The summed E-state index contributed by atoms with van der Waals surface area (Å²) in [6.45, 7) is 4.96. The van der Waals surface area contributed by atoms with Gasteiger partial charge in [-0.2, -0.15) is 0 Å². The predicted molar refractivity (Wildman–Crippen MR) is 111 cm³/mol. The summed E-state index contributed by atoms with van der Waals surface area (Å²) < 4.78 is 0. The van der Waals surface area contributed by atoms with Crippen LogP contribution in [0.25, 0.3) is 5.57 Å². The van der Waals surface area contributed by atoms with Gasteiger partial charge in [0.1, 0.15) is 0 Å². The van der Waals surface area contributed by atoms with Gasteiger partial charge in [-0.3, -0.25) is 9.78 Å². The molecule has 5 aliphatic rings. The summed E-state index contributed by atoms with van der Waals surface area (Å²) in [5.41, 5.74) is 5.02. The molecule has 5 aliphatic carbocycles. The van der Waals surface area contributed by atoms with Gasteiger partial charge in [0.05, 0.1) is 0 Å². The van der Waals surface area contributed by atoms with Crippen molar-refractivity contribution in [1.82, 2.24) is 4.98 Å². The van der Waals surface area contributed by atoms with E-state index >= 15 is 0 Å². The Hall–Kier alpha value is -1.96. The van der Waals surface area contributed by atoms with Crippen LogP contribution in [0.3, 0.4) is 0 Å². The third kappa shape index (κ3) is 2.04. The van der Waals surface area contributed by atoms with Gasteiger partial charge in [-0.1, -0.05) is 37.6 Å². The lowest BCUT2D eigenvalue weighted by molar-refractivity contribution is -0.111. The van der Waals surface area contributed by atoms with Gasteiger partial charge in [0, 0.05) is 17.8 Å². The minimum Gasteiger partial charge on any atom is -0.290 e. The Morgan fingerprint density at radius 1 is 1.14 bits per heavy atom. The number of pyridine rings is 1. The van der Waals surface area contributed by atoms with Crippen LogP contribution in [-0.2, 0) is 4.79 Å². The zero-order valence-electron chi connectivity index (χ0n) is 16.9. The summed E-state index contributed by atoms with van der Waals surface area (Å²) in [4.78, 5) is 16.6. The maximum Gasteiger partial charge on any atom is 0.178 e. The first-order valence-corrected chi connectivity index (χ1v) is 11.0. The highest BCUT2D eigenvalue weighted by Gasteiger charge is 2.64. The van der Waals surface area contributed by atoms with Gasteiger partial charge in [-0.05, 0) is 96.5 Å². The average molecular weight is 372 g/mol. The summed E-state index contributed by atoms with van der Waals surface area (Å²) >= 11 is 0. The van der Waals surface area contributed by atoms with Crippen molar-refractivity contribution in [2.75, 3.05) is 0 Å². The van der Waals surface area contributed by atoms with Crippen LogP contribution in [0.2, 0.25) is 0 Å². The van der Waals surface area contributed by atoms with Crippen LogP contribution in [0.15, 0.2) is 54.4 Å². The summed E-state index contributed by atoms with van der Waals surface area (Å²) in [6, 6.07) is 4.31. The van der Waals surface area contributed by atoms with Crippen LogP contribution in [0.5, 0.6) is 0 Å². The van der Waals surface area contributed by atoms with E-state index < -0.39 is 0 Å². The minimum atomic E-state index is 0.0890.